The normalized spacial score (nSPS) is 20.7. The van der Waals surface area contributed by atoms with Crippen LogP contribution >= 0.6 is 0 Å². The molecule has 1 heterocycles. The lowest BCUT2D eigenvalue weighted by Crippen LogP contribution is -2.38. The van der Waals surface area contributed by atoms with Crippen molar-refractivity contribution in [3.63, 3.8) is 0 Å². The number of aliphatic hydroxyl groups is 1. The van der Waals surface area contributed by atoms with E-state index in [9.17, 15) is 5.11 Å². The Morgan fingerprint density at radius 1 is 1.15 bits per heavy atom. The molecule has 1 atom stereocenters. The van der Waals surface area contributed by atoms with Gasteiger partial charge in [-0.25, -0.2) is 0 Å². The van der Waals surface area contributed by atoms with Crippen molar-refractivity contribution in [2.75, 3.05) is 7.11 Å². The summed E-state index contributed by atoms with van der Waals surface area (Å²) in [7, 11) is 1.71. The number of benzene rings is 1. The third kappa shape index (κ3) is 2.36. The second-order valence-electron chi connectivity index (χ2n) is 5.77. The Balaban J connectivity index is 1.94. The summed E-state index contributed by atoms with van der Waals surface area (Å²) in [4.78, 5) is 0. The van der Waals surface area contributed by atoms with E-state index in [0.29, 0.717) is 5.76 Å². The molecule has 0 bridgehead atoms. The van der Waals surface area contributed by atoms with E-state index in [0.717, 1.165) is 36.7 Å². The fourth-order valence-corrected chi connectivity index (χ4v) is 3.31. The van der Waals surface area contributed by atoms with Crippen LogP contribution < -0.4 is 0 Å². The van der Waals surface area contributed by atoms with E-state index in [-0.39, 0.29) is 0 Å². The zero-order chi connectivity index (χ0) is 14.0. The first-order chi connectivity index (χ1) is 9.75. The summed E-state index contributed by atoms with van der Waals surface area (Å²) < 4.78 is 11.6. The Morgan fingerprint density at radius 2 is 1.85 bits per heavy atom. The third-order valence-corrected chi connectivity index (χ3v) is 4.57. The molecule has 108 valence electrons. The van der Waals surface area contributed by atoms with Crippen LogP contribution in [-0.4, -0.2) is 17.8 Å². The van der Waals surface area contributed by atoms with E-state index in [4.69, 9.17) is 9.15 Å². The molecule has 0 radical (unpaired) electrons. The molecule has 1 aromatic carbocycles. The molecule has 3 rings (SSSR count). The predicted octanol–water partition coefficient (Wildman–Crippen LogP) is 4.21. The summed E-state index contributed by atoms with van der Waals surface area (Å²) in [5.41, 5.74) is 0.325. The maximum Gasteiger partial charge on any atom is 0.140 e. The van der Waals surface area contributed by atoms with Gasteiger partial charge >= 0.3 is 0 Å². The molecule has 1 aromatic heterocycles. The molecule has 1 aliphatic rings. The minimum atomic E-state index is -0.696. The minimum absolute atomic E-state index is 0.496. The highest BCUT2D eigenvalue weighted by atomic mass is 16.5. The fraction of sp³-hybridized carbons (Fsp3) is 0.529. The van der Waals surface area contributed by atoms with Crippen molar-refractivity contribution in [3.8, 4) is 0 Å². The van der Waals surface area contributed by atoms with Crippen molar-refractivity contribution in [1.29, 1.82) is 0 Å². The van der Waals surface area contributed by atoms with Crippen LogP contribution in [0.5, 0.6) is 0 Å². The summed E-state index contributed by atoms with van der Waals surface area (Å²) in [6.45, 7) is 0. The van der Waals surface area contributed by atoms with E-state index in [2.05, 4.69) is 0 Å². The maximum absolute atomic E-state index is 10.8. The Kier molecular flexibility index (Phi) is 3.81. The average molecular weight is 274 g/mol. The van der Waals surface area contributed by atoms with Crippen LogP contribution in [0.1, 0.15) is 50.4 Å². The standard InChI is InChI=1S/C17H22O3/c1-19-17(10-6-2-3-7-11-17)16(18)15-12-13-8-4-5-9-14(13)20-15/h4-5,8-9,12,16,18H,2-3,6-7,10-11H2,1H3. The van der Waals surface area contributed by atoms with Gasteiger partial charge in [-0.15, -0.1) is 0 Å². The van der Waals surface area contributed by atoms with Crippen molar-refractivity contribution in [3.05, 3.63) is 36.1 Å². The van der Waals surface area contributed by atoms with Gasteiger partial charge in [0, 0.05) is 12.5 Å². The summed E-state index contributed by atoms with van der Waals surface area (Å²) in [6.07, 6.45) is 5.73. The molecule has 1 fully saturated rings. The second-order valence-corrected chi connectivity index (χ2v) is 5.77. The van der Waals surface area contributed by atoms with Gasteiger partial charge in [0.05, 0.1) is 0 Å². The minimum Gasteiger partial charge on any atom is -0.458 e. The number of methoxy groups -OCH3 is 1. The van der Waals surface area contributed by atoms with Crippen LogP contribution in [-0.2, 0) is 4.74 Å². The topological polar surface area (TPSA) is 42.6 Å². The summed E-state index contributed by atoms with van der Waals surface area (Å²) in [6, 6.07) is 9.79. The van der Waals surface area contributed by atoms with Crippen molar-refractivity contribution < 1.29 is 14.3 Å². The van der Waals surface area contributed by atoms with Gasteiger partial charge in [0.15, 0.2) is 0 Å². The molecule has 1 saturated carbocycles. The van der Waals surface area contributed by atoms with Gasteiger partial charge in [-0.05, 0) is 25.0 Å². The first kappa shape index (κ1) is 13.7. The zero-order valence-corrected chi connectivity index (χ0v) is 12.0. The Hall–Kier alpha value is -1.32. The van der Waals surface area contributed by atoms with Crippen molar-refractivity contribution >= 4 is 11.0 Å². The number of para-hydroxylation sites is 1. The third-order valence-electron chi connectivity index (χ3n) is 4.57. The van der Waals surface area contributed by atoms with E-state index in [1.54, 1.807) is 7.11 Å². The molecule has 1 N–H and O–H groups in total. The number of hydrogen-bond acceptors (Lipinski definition) is 3. The molecule has 0 amide bonds. The monoisotopic (exact) mass is 274 g/mol. The van der Waals surface area contributed by atoms with Crippen LogP contribution in [0.2, 0.25) is 0 Å². The Morgan fingerprint density at radius 3 is 2.50 bits per heavy atom. The molecular weight excluding hydrogens is 252 g/mol. The second kappa shape index (κ2) is 5.58. The largest absolute Gasteiger partial charge is 0.458 e. The van der Waals surface area contributed by atoms with Crippen molar-refractivity contribution in [2.24, 2.45) is 0 Å². The number of furan rings is 1. The predicted molar refractivity (Wildman–Crippen MR) is 78.6 cm³/mol. The Labute approximate surface area is 119 Å². The molecule has 0 aliphatic heterocycles. The molecule has 3 nitrogen and oxygen atoms in total. The Bertz CT molecular complexity index is 531. The lowest BCUT2D eigenvalue weighted by molar-refractivity contribution is -0.120. The number of aliphatic hydroxyl groups excluding tert-OH is 1. The van der Waals surface area contributed by atoms with Crippen LogP contribution in [0.25, 0.3) is 11.0 Å². The SMILES string of the molecule is COC1(C(O)c2cc3ccccc3o2)CCCCCC1. The van der Waals surface area contributed by atoms with Gasteiger partial charge in [0.25, 0.3) is 0 Å². The van der Waals surface area contributed by atoms with Crippen molar-refractivity contribution in [2.45, 2.75) is 50.2 Å². The number of rotatable bonds is 3. The van der Waals surface area contributed by atoms with Crippen LogP contribution in [0.15, 0.2) is 34.7 Å². The van der Waals surface area contributed by atoms with Gasteiger partial charge in [0.1, 0.15) is 23.0 Å². The van der Waals surface area contributed by atoms with Gasteiger partial charge in [-0.3, -0.25) is 0 Å². The van der Waals surface area contributed by atoms with Gasteiger partial charge < -0.3 is 14.3 Å². The molecule has 3 heteroatoms. The van der Waals surface area contributed by atoms with E-state index >= 15 is 0 Å². The highest BCUT2D eigenvalue weighted by molar-refractivity contribution is 5.77. The number of hydrogen-bond donors (Lipinski definition) is 1. The molecule has 20 heavy (non-hydrogen) atoms. The quantitative estimate of drug-likeness (QED) is 0.853. The zero-order valence-electron chi connectivity index (χ0n) is 12.0. The first-order valence-corrected chi connectivity index (χ1v) is 7.47. The molecule has 0 saturated heterocycles. The lowest BCUT2D eigenvalue weighted by Gasteiger charge is -2.35. The van der Waals surface area contributed by atoms with E-state index in [1.165, 1.54) is 12.8 Å². The molecule has 1 unspecified atom stereocenters. The molecular formula is C17H22O3. The van der Waals surface area contributed by atoms with Crippen LogP contribution in [0, 0.1) is 0 Å². The van der Waals surface area contributed by atoms with Gasteiger partial charge in [-0.1, -0.05) is 43.9 Å². The first-order valence-electron chi connectivity index (χ1n) is 7.47. The maximum atomic E-state index is 10.8. The van der Waals surface area contributed by atoms with Crippen LogP contribution in [0.3, 0.4) is 0 Å². The van der Waals surface area contributed by atoms with Gasteiger partial charge in [-0.2, -0.15) is 0 Å². The fourth-order valence-electron chi connectivity index (χ4n) is 3.31. The summed E-state index contributed by atoms with van der Waals surface area (Å²) in [5, 5.41) is 11.8. The summed E-state index contributed by atoms with van der Waals surface area (Å²) >= 11 is 0. The number of fused-ring (bicyclic) bond motifs is 1. The van der Waals surface area contributed by atoms with E-state index < -0.39 is 11.7 Å². The number of ether oxygens (including phenoxy) is 1. The van der Waals surface area contributed by atoms with Gasteiger partial charge in [0.2, 0.25) is 0 Å². The van der Waals surface area contributed by atoms with E-state index in [1.807, 2.05) is 30.3 Å². The van der Waals surface area contributed by atoms with Crippen molar-refractivity contribution in [1.82, 2.24) is 0 Å². The lowest BCUT2D eigenvalue weighted by atomic mass is 9.86. The summed E-state index contributed by atoms with van der Waals surface area (Å²) in [5.74, 6) is 0.620. The van der Waals surface area contributed by atoms with Crippen LogP contribution in [0.4, 0.5) is 0 Å². The molecule has 2 aromatic rings. The molecule has 1 aliphatic carbocycles. The smallest absolute Gasteiger partial charge is 0.140 e. The highest BCUT2D eigenvalue weighted by Gasteiger charge is 2.40. The highest BCUT2D eigenvalue weighted by Crippen LogP contribution is 2.41. The molecule has 0 spiro atoms. The average Bonchev–Trinajstić information content (AvgIpc) is 2.76.